The summed E-state index contributed by atoms with van der Waals surface area (Å²) in [6.07, 6.45) is 8.38. The average Bonchev–Trinajstić information content (AvgIpc) is 3.02. The summed E-state index contributed by atoms with van der Waals surface area (Å²) in [5, 5.41) is 0. The first-order valence-corrected chi connectivity index (χ1v) is 9.11. The molecule has 1 saturated heterocycles. The Labute approximate surface area is 137 Å². The number of hydrogen-bond acceptors (Lipinski definition) is 3. The number of halogens is 2. The van der Waals surface area contributed by atoms with Crippen LogP contribution >= 0.6 is 31.9 Å². The molecular weight excluding hydrogens is 384 g/mol. The first kappa shape index (κ1) is 15.1. The monoisotopic (exact) mass is 404 g/mol. The molecule has 2 aliphatic rings. The number of furan rings is 1. The fraction of sp³-hybridized carbons (Fsp3) is 0.733. The van der Waals surface area contributed by atoms with Crippen LogP contribution in [0, 0.1) is 5.41 Å². The van der Waals surface area contributed by atoms with E-state index < -0.39 is 0 Å². The van der Waals surface area contributed by atoms with Gasteiger partial charge in [-0.2, -0.15) is 0 Å². The molecule has 0 amide bonds. The fourth-order valence-electron chi connectivity index (χ4n) is 3.91. The predicted molar refractivity (Wildman–Crippen MR) is 87.6 cm³/mol. The molecule has 3 rings (SSSR count). The van der Waals surface area contributed by atoms with Crippen LogP contribution in [0.1, 0.15) is 50.3 Å². The summed E-state index contributed by atoms with van der Waals surface area (Å²) >= 11 is 6.90. The quantitative estimate of drug-likeness (QED) is 0.806. The molecule has 1 atom stereocenters. The summed E-state index contributed by atoms with van der Waals surface area (Å²) in [5.74, 6) is 0.966. The third-order valence-electron chi connectivity index (χ3n) is 5.18. The maximum Gasteiger partial charge on any atom is 0.183 e. The lowest BCUT2D eigenvalue weighted by Crippen LogP contribution is -2.43. The van der Waals surface area contributed by atoms with E-state index in [1.54, 1.807) is 0 Å². The molecule has 1 unspecified atom stereocenters. The lowest BCUT2D eigenvalue weighted by molar-refractivity contribution is 0.0700. The molecule has 1 aliphatic carbocycles. The maximum absolute atomic E-state index is 6.01. The minimum atomic E-state index is 0.205. The van der Waals surface area contributed by atoms with Gasteiger partial charge in [-0.25, -0.2) is 0 Å². The van der Waals surface area contributed by atoms with E-state index in [1.165, 1.54) is 38.5 Å². The van der Waals surface area contributed by atoms with Crippen LogP contribution in [-0.2, 0) is 0 Å². The van der Waals surface area contributed by atoms with Gasteiger partial charge in [0.05, 0.1) is 10.5 Å². The molecule has 0 radical (unpaired) electrons. The van der Waals surface area contributed by atoms with Gasteiger partial charge in [-0.15, -0.1) is 0 Å². The first-order chi connectivity index (χ1) is 9.63. The minimum absolute atomic E-state index is 0.205. The normalized spacial score (nSPS) is 24.4. The van der Waals surface area contributed by atoms with Crippen LogP contribution in [-0.4, -0.2) is 24.5 Å². The Morgan fingerprint density at radius 2 is 1.85 bits per heavy atom. The highest BCUT2D eigenvalue weighted by Gasteiger charge is 2.38. The highest BCUT2D eigenvalue weighted by molar-refractivity contribution is 9.13. The molecule has 3 nitrogen and oxygen atoms in total. The van der Waals surface area contributed by atoms with Crippen molar-refractivity contribution in [3.05, 3.63) is 21.0 Å². The highest BCUT2D eigenvalue weighted by atomic mass is 79.9. The second kappa shape index (κ2) is 6.11. The second-order valence-electron chi connectivity index (χ2n) is 6.26. The molecule has 1 spiro atoms. The van der Waals surface area contributed by atoms with Crippen molar-refractivity contribution in [1.82, 2.24) is 4.90 Å². The molecule has 0 bridgehead atoms. The number of nitrogens with zero attached hydrogens (tertiary/aromatic N) is 1. The number of hydrogen-bond donors (Lipinski definition) is 1. The van der Waals surface area contributed by atoms with Crippen LogP contribution in [0.4, 0.5) is 0 Å². The standard InChI is InChI=1S/C15H22Br2N2O/c16-11-9-13(20-14(11)17)12(10-18)19-7-5-15(6-8-19)3-1-2-4-15/h9,12H,1-8,10,18H2. The molecule has 2 fully saturated rings. The molecule has 1 aromatic heterocycles. The number of likely N-dealkylation sites (tertiary alicyclic amines) is 1. The van der Waals surface area contributed by atoms with Gasteiger partial charge in [-0.05, 0) is 82.1 Å². The fourth-order valence-corrected chi connectivity index (χ4v) is 4.52. The van der Waals surface area contributed by atoms with Crippen LogP contribution in [0.25, 0.3) is 0 Å². The van der Waals surface area contributed by atoms with Gasteiger partial charge >= 0.3 is 0 Å². The third kappa shape index (κ3) is 2.87. The minimum Gasteiger partial charge on any atom is -0.451 e. The van der Waals surface area contributed by atoms with Crippen molar-refractivity contribution in [2.24, 2.45) is 11.1 Å². The average molecular weight is 406 g/mol. The van der Waals surface area contributed by atoms with Gasteiger partial charge in [0.15, 0.2) is 4.67 Å². The van der Waals surface area contributed by atoms with Gasteiger partial charge in [0.1, 0.15) is 5.76 Å². The third-order valence-corrected chi connectivity index (χ3v) is 6.89. The Morgan fingerprint density at radius 3 is 2.35 bits per heavy atom. The van der Waals surface area contributed by atoms with Gasteiger partial charge in [-0.1, -0.05) is 12.8 Å². The number of nitrogens with two attached hydrogens (primary N) is 1. The van der Waals surface area contributed by atoms with Gasteiger partial charge in [0.2, 0.25) is 0 Å². The van der Waals surface area contributed by atoms with E-state index in [2.05, 4.69) is 36.8 Å². The lowest BCUT2D eigenvalue weighted by Gasteiger charge is -2.42. The summed E-state index contributed by atoms with van der Waals surface area (Å²) in [6.45, 7) is 2.91. The second-order valence-corrected chi connectivity index (χ2v) is 7.84. The van der Waals surface area contributed by atoms with Crippen molar-refractivity contribution in [2.75, 3.05) is 19.6 Å². The first-order valence-electron chi connectivity index (χ1n) is 7.52. The molecule has 5 heteroatoms. The van der Waals surface area contributed by atoms with Gasteiger partial charge in [0.25, 0.3) is 0 Å². The zero-order valence-corrected chi connectivity index (χ0v) is 14.9. The SMILES string of the molecule is NCC(c1cc(Br)c(Br)o1)N1CCC2(CCCC2)CC1. The molecular formula is C15H22Br2N2O. The van der Waals surface area contributed by atoms with Crippen molar-refractivity contribution < 1.29 is 4.42 Å². The summed E-state index contributed by atoms with van der Waals surface area (Å²) in [4.78, 5) is 2.50. The molecule has 20 heavy (non-hydrogen) atoms. The van der Waals surface area contributed by atoms with Gasteiger partial charge in [0, 0.05) is 6.54 Å². The van der Waals surface area contributed by atoms with Crippen molar-refractivity contribution in [2.45, 2.75) is 44.6 Å². The van der Waals surface area contributed by atoms with Crippen LogP contribution in [0.2, 0.25) is 0 Å². The Balaban J connectivity index is 1.68. The highest BCUT2D eigenvalue weighted by Crippen LogP contribution is 2.47. The molecule has 0 aromatic carbocycles. The van der Waals surface area contributed by atoms with Crippen molar-refractivity contribution in [3.63, 3.8) is 0 Å². The summed E-state index contributed by atoms with van der Waals surface area (Å²) < 4.78 is 7.51. The topological polar surface area (TPSA) is 42.4 Å². The van der Waals surface area contributed by atoms with Crippen molar-refractivity contribution in [3.8, 4) is 0 Å². The Hall–Kier alpha value is 0.160. The van der Waals surface area contributed by atoms with E-state index in [9.17, 15) is 0 Å². The maximum atomic E-state index is 6.01. The molecule has 1 saturated carbocycles. The number of piperidine rings is 1. The Bertz CT molecular complexity index is 439. The summed E-state index contributed by atoms with van der Waals surface area (Å²) in [7, 11) is 0. The van der Waals surface area contributed by atoms with Gasteiger partial charge < -0.3 is 10.2 Å². The largest absolute Gasteiger partial charge is 0.451 e. The van der Waals surface area contributed by atoms with Crippen LogP contribution in [0.15, 0.2) is 19.6 Å². The zero-order valence-electron chi connectivity index (χ0n) is 11.7. The molecule has 1 aliphatic heterocycles. The van der Waals surface area contributed by atoms with Crippen LogP contribution < -0.4 is 5.73 Å². The molecule has 2 heterocycles. The zero-order chi connectivity index (χ0) is 14.2. The van der Waals surface area contributed by atoms with E-state index in [-0.39, 0.29) is 6.04 Å². The van der Waals surface area contributed by atoms with Crippen molar-refractivity contribution >= 4 is 31.9 Å². The van der Waals surface area contributed by atoms with Gasteiger partial charge in [-0.3, -0.25) is 4.90 Å². The molecule has 112 valence electrons. The number of rotatable bonds is 3. The van der Waals surface area contributed by atoms with Crippen LogP contribution in [0.3, 0.4) is 0 Å². The van der Waals surface area contributed by atoms with E-state index in [0.29, 0.717) is 12.0 Å². The van der Waals surface area contributed by atoms with E-state index >= 15 is 0 Å². The summed E-state index contributed by atoms with van der Waals surface area (Å²) in [5.41, 5.74) is 6.66. The van der Waals surface area contributed by atoms with E-state index in [4.69, 9.17) is 10.2 Å². The van der Waals surface area contributed by atoms with Crippen molar-refractivity contribution in [1.29, 1.82) is 0 Å². The predicted octanol–water partition coefficient (Wildman–Crippen LogP) is 4.46. The Kier molecular flexibility index (Phi) is 4.60. The smallest absolute Gasteiger partial charge is 0.183 e. The van der Waals surface area contributed by atoms with E-state index in [0.717, 1.165) is 28.0 Å². The van der Waals surface area contributed by atoms with E-state index in [1.807, 2.05) is 6.07 Å². The van der Waals surface area contributed by atoms with Crippen LogP contribution in [0.5, 0.6) is 0 Å². The summed E-state index contributed by atoms with van der Waals surface area (Å²) in [6, 6.07) is 2.25. The molecule has 2 N–H and O–H groups in total. The lowest BCUT2D eigenvalue weighted by atomic mass is 9.77. The molecule has 1 aromatic rings. The Morgan fingerprint density at radius 1 is 1.20 bits per heavy atom.